The van der Waals surface area contributed by atoms with E-state index in [1.165, 1.54) is 4.52 Å². The number of aromatic nitrogens is 6. The molecule has 7 heterocycles. The summed E-state index contributed by atoms with van der Waals surface area (Å²) in [6.45, 7) is 1.91. The van der Waals surface area contributed by atoms with Gasteiger partial charge in [0.25, 0.3) is 11.5 Å². The second-order valence-corrected chi connectivity index (χ2v) is 11.6. The van der Waals surface area contributed by atoms with E-state index in [-0.39, 0.29) is 23.0 Å². The average molecular weight is 580 g/mol. The lowest BCUT2D eigenvalue weighted by Crippen LogP contribution is -2.35. The fraction of sp³-hybridized carbons (Fsp3) is 0.182. The second-order valence-electron chi connectivity index (χ2n) is 11.6. The minimum Gasteiger partial charge on any atom is -0.381 e. The molecule has 2 fully saturated rings. The minimum atomic E-state index is -0.552. The smallest absolute Gasteiger partial charge is 0.264 e. The molecule has 0 saturated carbocycles. The van der Waals surface area contributed by atoms with Crippen molar-refractivity contribution >= 4 is 28.1 Å². The summed E-state index contributed by atoms with van der Waals surface area (Å²) in [4.78, 5) is 35.3. The Balaban J connectivity index is 1.26. The van der Waals surface area contributed by atoms with Crippen molar-refractivity contribution in [2.75, 3.05) is 5.73 Å². The zero-order valence-corrected chi connectivity index (χ0v) is 23.8. The zero-order chi connectivity index (χ0) is 29.9. The largest absolute Gasteiger partial charge is 0.381 e. The number of nitrogen functional groups attached to an aromatic ring is 1. The minimum absolute atomic E-state index is 0.0882. The van der Waals surface area contributed by atoms with Crippen molar-refractivity contribution in [1.29, 1.82) is 0 Å². The molecule has 10 rings (SSSR count). The second kappa shape index (κ2) is 8.65. The van der Waals surface area contributed by atoms with Gasteiger partial charge in [0.15, 0.2) is 11.5 Å². The van der Waals surface area contributed by atoms with Crippen molar-refractivity contribution < 1.29 is 4.79 Å². The molecule has 3 aliphatic heterocycles. The average Bonchev–Trinajstić information content (AvgIpc) is 3.86. The van der Waals surface area contributed by atoms with Gasteiger partial charge in [0.05, 0.1) is 47.0 Å². The first-order valence-electron chi connectivity index (χ1n) is 14.4. The van der Waals surface area contributed by atoms with Gasteiger partial charge < -0.3 is 11.1 Å². The maximum Gasteiger partial charge on any atom is 0.264 e. The molecule has 44 heavy (non-hydrogen) atoms. The lowest BCUT2D eigenvalue weighted by atomic mass is 9.82. The summed E-state index contributed by atoms with van der Waals surface area (Å²) in [5, 5.41) is 13.2. The summed E-state index contributed by atoms with van der Waals surface area (Å²) in [6, 6.07) is 15.7. The van der Waals surface area contributed by atoms with E-state index in [0.29, 0.717) is 34.4 Å². The summed E-state index contributed by atoms with van der Waals surface area (Å²) in [5.74, 6) is 6.14. The number of nitrogens with zero attached hydrogens (tertiary/aromatic N) is 7. The normalized spacial score (nSPS) is 21.0. The molecular weight excluding hydrogens is 554 g/mol. The number of benzene rings is 2. The Bertz CT molecular complexity index is 2330. The van der Waals surface area contributed by atoms with E-state index in [1.54, 1.807) is 33.9 Å². The molecular formula is C33H25N9O2. The van der Waals surface area contributed by atoms with E-state index < -0.39 is 11.9 Å². The number of amides is 1. The van der Waals surface area contributed by atoms with Gasteiger partial charge in [0.2, 0.25) is 0 Å². The van der Waals surface area contributed by atoms with Crippen molar-refractivity contribution in [3.8, 4) is 17.5 Å². The van der Waals surface area contributed by atoms with Crippen LogP contribution in [0.15, 0.2) is 78.1 Å². The summed E-state index contributed by atoms with van der Waals surface area (Å²) in [7, 11) is 1.85. The van der Waals surface area contributed by atoms with Crippen LogP contribution in [-0.2, 0) is 7.05 Å². The molecule has 214 valence electrons. The molecule has 5 atom stereocenters. The Hall–Kier alpha value is -5.73. The van der Waals surface area contributed by atoms with Crippen LogP contribution in [-0.4, -0.2) is 45.8 Å². The highest BCUT2D eigenvalue weighted by molar-refractivity contribution is 6.04. The first-order valence-corrected chi connectivity index (χ1v) is 14.4. The number of nitrogens with one attached hydrogen (secondary N) is 1. The van der Waals surface area contributed by atoms with Gasteiger partial charge in [-0.15, -0.1) is 5.10 Å². The fourth-order valence-electron chi connectivity index (χ4n) is 7.04. The van der Waals surface area contributed by atoms with E-state index in [2.05, 4.69) is 43.3 Å². The lowest BCUT2D eigenvalue weighted by molar-refractivity contribution is 0.0940. The fourth-order valence-corrected chi connectivity index (χ4v) is 7.04. The van der Waals surface area contributed by atoms with Crippen LogP contribution in [0.4, 0.5) is 5.82 Å². The van der Waals surface area contributed by atoms with E-state index >= 15 is 0 Å². The first kappa shape index (κ1) is 24.8. The molecule has 11 heteroatoms. The standard InChI is InChI=1S/C33H25N9O2/c1-17(37-32(43)25-30(34)38-40-14-6-13-35-31(25)40)26-24-23-21(27-29-28(24)42(27)29)12-11-19(10-9-18-15-36-39(2)16-18)22(23)33(44)41(26)20-7-4-3-5-8-20/h3-8,11-17,27-29H,1-2H3,(H2,34,38)(H,37,43)/t17-,27-,28+,29?,42?/m0/s1. The van der Waals surface area contributed by atoms with Crippen LogP contribution in [0.1, 0.15) is 63.4 Å². The topological polar surface area (TPSA) is 128 Å². The quantitative estimate of drug-likeness (QED) is 0.243. The number of rotatable bonds is 4. The van der Waals surface area contributed by atoms with E-state index in [4.69, 9.17) is 5.73 Å². The Morgan fingerprint density at radius 1 is 1.07 bits per heavy atom. The maximum absolute atomic E-state index is 14.7. The Kier molecular flexibility index (Phi) is 4.88. The maximum atomic E-state index is 14.7. The van der Waals surface area contributed by atoms with Gasteiger partial charge in [-0.2, -0.15) is 5.10 Å². The van der Waals surface area contributed by atoms with Gasteiger partial charge in [-0.25, -0.2) is 9.50 Å². The predicted octanol–water partition coefficient (Wildman–Crippen LogP) is 3.03. The Morgan fingerprint density at radius 2 is 1.89 bits per heavy atom. The highest BCUT2D eigenvalue weighted by Crippen LogP contribution is 2.75. The third kappa shape index (κ3) is 3.34. The number of carbonyl (C=O) groups is 1. The van der Waals surface area contributed by atoms with Crippen LogP contribution in [0.3, 0.4) is 0 Å². The van der Waals surface area contributed by atoms with Crippen LogP contribution < -0.4 is 16.6 Å². The van der Waals surface area contributed by atoms with Gasteiger partial charge in [-0.3, -0.25) is 23.7 Å². The van der Waals surface area contributed by atoms with Crippen LogP contribution in [0.25, 0.3) is 22.1 Å². The number of para-hydroxylation sites is 1. The third-order valence-corrected chi connectivity index (χ3v) is 8.98. The van der Waals surface area contributed by atoms with Gasteiger partial charge in [-0.1, -0.05) is 36.1 Å². The number of hydrogen-bond donors (Lipinski definition) is 2. The Labute approximate surface area is 250 Å². The number of nitrogens with two attached hydrogens (primary N) is 1. The molecule has 2 unspecified atom stereocenters. The highest BCUT2D eigenvalue weighted by atomic mass is 16.2. The van der Waals surface area contributed by atoms with Crippen LogP contribution in [0.5, 0.6) is 0 Å². The third-order valence-electron chi connectivity index (χ3n) is 8.98. The molecule has 4 aliphatic rings. The summed E-state index contributed by atoms with van der Waals surface area (Å²) in [6.07, 6.45) is 6.85. The predicted molar refractivity (Wildman–Crippen MR) is 163 cm³/mol. The summed E-state index contributed by atoms with van der Waals surface area (Å²) in [5.41, 5.74) is 11.7. The molecule has 4 aromatic heterocycles. The molecule has 0 spiro atoms. The molecule has 11 nitrogen and oxygen atoms in total. The van der Waals surface area contributed by atoms with Crippen molar-refractivity contribution in [2.24, 2.45) is 7.05 Å². The number of hydrogen-bond acceptors (Lipinski definition) is 7. The molecule has 6 aromatic rings. The van der Waals surface area contributed by atoms with Crippen LogP contribution >= 0.6 is 0 Å². The number of anilines is 1. The Morgan fingerprint density at radius 3 is 2.66 bits per heavy atom. The van der Waals surface area contributed by atoms with Crippen molar-refractivity contribution in [3.05, 3.63) is 117 Å². The molecule has 0 radical (unpaired) electrons. The van der Waals surface area contributed by atoms with Crippen LogP contribution in [0.2, 0.25) is 0 Å². The molecule has 2 saturated heterocycles. The van der Waals surface area contributed by atoms with Crippen molar-refractivity contribution in [2.45, 2.75) is 31.1 Å². The van der Waals surface area contributed by atoms with E-state index in [0.717, 1.165) is 27.8 Å². The zero-order valence-electron chi connectivity index (χ0n) is 23.8. The molecule has 1 amide bonds. The monoisotopic (exact) mass is 579 g/mol. The van der Waals surface area contributed by atoms with Crippen molar-refractivity contribution in [1.82, 2.24) is 39.2 Å². The van der Waals surface area contributed by atoms with Crippen molar-refractivity contribution in [3.63, 3.8) is 0 Å². The van der Waals surface area contributed by atoms with Crippen LogP contribution in [0, 0.1) is 11.8 Å². The van der Waals surface area contributed by atoms with Gasteiger partial charge >= 0.3 is 0 Å². The molecule has 2 bridgehead atoms. The SMILES string of the molecule is C[C@H](NC(=O)c1c(N)nn2cccnc12)c1c2c3c(ccc(C#Cc4cnn(C)c4)c3c(=O)n1-c1ccccc1)[C@H]1C3[C@@H]2N31. The molecule has 1 aliphatic carbocycles. The van der Waals surface area contributed by atoms with Gasteiger partial charge in [-0.05, 0) is 42.1 Å². The van der Waals surface area contributed by atoms with Gasteiger partial charge in [0.1, 0.15) is 5.56 Å². The highest BCUT2D eigenvalue weighted by Gasteiger charge is 2.75. The first-order chi connectivity index (χ1) is 21.4. The number of carbonyl (C=O) groups excluding carboxylic acids is 1. The summed E-state index contributed by atoms with van der Waals surface area (Å²) >= 11 is 0. The van der Waals surface area contributed by atoms with Gasteiger partial charge in [0, 0.05) is 42.5 Å². The summed E-state index contributed by atoms with van der Waals surface area (Å²) < 4.78 is 4.94. The van der Waals surface area contributed by atoms with E-state index in [1.807, 2.05) is 56.6 Å². The van der Waals surface area contributed by atoms with E-state index in [9.17, 15) is 9.59 Å². The lowest BCUT2D eigenvalue weighted by Gasteiger charge is -2.31. The molecule has 3 N–H and O–H groups in total. The number of aryl methyl sites for hydroxylation is 1. The number of fused-ring (bicyclic) bond motifs is 1. The molecule has 2 aromatic carbocycles. The number of pyridine rings is 1.